The van der Waals surface area contributed by atoms with Crippen LogP contribution in [0.2, 0.25) is 0 Å². The lowest BCUT2D eigenvalue weighted by Gasteiger charge is -2.49. The molecule has 1 aliphatic carbocycles. The van der Waals surface area contributed by atoms with Gasteiger partial charge in [0.15, 0.2) is 0 Å². The van der Waals surface area contributed by atoms with Crippen LogP contribution in [0.25, 0.3) is 0 Å². The third kappa shape index (κ3) is 4.94. The van der Waals surface area contributed by atoms with Crippen molar-refractivity contribution in [2.24, 2.45) is 0 Å². The molecular weight excluding hydrogens is 512 g/mol. The summed E-state index contributed by atoms with van der Waals surface area (Å²) in [6, 6.07) is 11.3. The average molecular weight is 540 g/mol. The third-order valence-electron chi connectivity index (χ3n) is 6.52. The molecule has 1 N–H and O–H groups in total. The normalized spacial score (nSPS) is 17.7. The van der Waals surface area contributed by atoms with Crippen molar-refractivity contribution in [2.75, 3.05) is 0 Å². The number of benzene rings is 2. The van der Waals surface area contributed by atoms with Crippen molar-refractivity contribution in [1.82, 2.24) is 0 Å². The maximum absolute atomic E-state index is 14.2. The van der Waals surface area contributed by atoms with E-state index in [4.69, 9.17) is 9.52 Å². The fourth-order valence-electron chi connectivity index (χ4n) is 4.46. The number of ether oxygens (including phenoxy) is 1. The van der Waals surface area contributed by atoms with Crippen molar-refractivity contribution < 1.29 is 31.1 Å². The Morgan fingerprint density at radius 2 is 1.51 bits per heavy atom. The van der Waals surface area contributed by atoms with Gasteiger partial charge in [0.2, 0.25) is 0 Å². The molecule has 2 aromatic carbocycles. The van der Waals surface area contributed by atoms with Crippen LogP contribution in [0.1, 0.15) is 29.5 Å². The van der Waals surface area contributed by atoms with Crippen LogP contribution < -0.4 is 0 Å². The molecule has 198 valence electrons. The predicted octanol–water partition coefficient (Wildman–Crippen LogP) is 8.37. The van der Waals surface area contributed by atoms with Gasteiger partial charge in [0.25, 0.3) is 5.60 Å². The Morgan fingerprint density at radius 3 is 1.97 bits per heavy atom. The van der Waals surface area contributed by atoms with Crippen LogP contribution in [-0.4, -0.2) is 18.2 Å². The second kappa shape index (κ2) is 10.0. The summed E-state index contributed by atoms with van der Waals surface area (Å²) in [5.41, 5.74) is -4.27. The Hall–Kier alpha value is -3.04. The molecule has 3 rings (SSSR count). The molecule has 0 heterocycles. The Balaban J connectivity index is 2.10. The molecule has 0 saturated heterocycles. The molecule has 2 nitrogen and oxygen atoms in total. The zero-order valence-electron chi connectivity index (χ0n) is 20.0. The molecule has 1 unspecified atom stereocenters. The number of hydrogen-bond acceptors (Lipinski definition) is 2. The van der Waals surface area contributed by atoms with Gasteiger partial charge in [0, 0.05) is 10.5 Å². The van der Waals surface area contributed by atoms with Crippen molar-refractivity contribution in [3.05, 3.63) is 120 Å². The molecule has 0 aromatic heterocycles. The summed E-state index contributed by atoms with van der Waals surface area (Å²) in [7, 11) is -2.64. The maximum atomic E-state index is 14.2. The highest BCUT2D eigenvalue weighted by Gasteiger charge is 2.73. The third-order valence-corrected chi connectivity index (χ3v) is 9.41. The monoisotopic (exact) mass is 539 g/mol. The number of rotatable bonds is 9. The minimum Gasteiger partial charge on any atom is -0.349 e. The van der Waals surface area contributed by atoms with E-state index in [9.17, 15) is 26.3 Å². The van der Waals surface area contributed by atoms with Gasteiger partial charge in [-0.15, -0.1) is 9.41 Å². The van der Waals surface area contributed by atoms with Gasteiger partial charge in [-0.2, -0.15) is 26.3 Å². The van der Waals surface area contributed by atoms with E-state index in [1.807, 2.05) is 0 Å². The molecule has 0 aliphatic heterocycles. The summed E-state index contributed by atoms with van der Waals surface area (Å²) in [5.74, 6) is 4.08. The largest absolute Gasteiger partial charge is 0.430 e. The van der Waals surface area contributed by atoms with Gasteiger partial charge in [-0.25, -0.2) is 0 Å². The second-order valence-corrected chi connectivity index (χ2v) is 11.7. The zero-order chi connectivity index (χ0) is 27.7. The fraction of sp³-hybridized carbons (Fsp3) is 0.250. The quantitative estimate of drug-likeness (QED) is 0.148. The van der Waals surface area contributed by atoms with Crippen molar-refractivity contribution >= 4 is 15.3 Å². The number of alkyl halides is 6. The summed E-state index contributed by atoms with van der Waals surface area (Å²) >= 11 is 0. The molecule has 0 bridgehead atoms. The van der Waals surface area contributed by atoms with Crippen molar-refractivity contribution in [3.63, 3.8) is 0 Å². The lowest BCUT2D eigenvalue weighted by atomic mass is 9.75. The maximum Gasteiger partial charge on any atom is 0.430 e. The molecule has 37 heavy (non-hydrogen) atoms. The highest BCUT2D eigenvalue weighted by Crippen LogP contribution is 2.56. The molecule has 0 amide bonds. The van der Waals surface area contributed by atoms with E-state index in [1.165, 1.54) is 42.5 Å². The SMILES string of the molecule is C=C/C=C\C(=C)S(=C)(=N)C1(c2ccc(C(OCc3ccccc3)(C(F)(F)F)C(F)(F)F)cc2)CC(=C)C1. The molecule has 0 radical (unpaired) electrons. The van der Waals surface area contributed by atoms with E-state index >= 15 is 0 Å². The van der Waals surface area contributed by atoms with Gasteiger partial charge in [0.1, 0.15) is 0 Å². The first kappa shape index (κ1) is 28.5. The molecular formula is C28H27F6NOS. The Labute approximate surface area is 213 Å². The van der Waals surface area contributed by atoms with Crippen LogP contribution in [-0.2, 0) is 31.1 Å². The first-order valence-electron chi connectivity index (χ1n) is 11.1. The highest BCUT2D eigenvalue weighted by atomic mass is 32.2. The lowest BCUT2D eigenvalue weighted by Crippen LogP contribution is -2.55. The lowest BCUT2D eigenvalue weighted by molar-refractivity contribution is -0.392. The molecule has 1 aliphatic rings. The second-order valence-electron chi connectivity index (χ2n) is 8.93. The Morgan fingerprint density at radius 1 is 0.973 bits per heavy atom. The Bertz CT molecular complexity index is 1280. The minimum absolute atomic E-state index is 0.162. The molecule has 2 aromatic rings. The molecule has 1 fully saturated rings. The molecule has 9 heteroatoms. The van der Waals surface area contributed by atoms with E-state index in [0.29, 0.717) is 23.3 Å². The van der Waals surface area contributed by atoms with E-state index in [0.717, 1.165) is 17.7 Å². The number of halogens is 6. The summed E-state index contributed by atoms with van der Waals surface area (Å²) in [4.78, 5) is 0.398. The van der Waals surface area contributed by atoms with E-state index in [1.54, 1.807) is 18.2 Å². The van der Waals surface area contributed by atoms with Gasteiger partial charge in [0.05, 0.1) is 11.4 Å². The minimum atomic E-state index is -5.80. The summed E-state index contributed by atoms with van der Waals surface area (Å²) < 4.78 is 98.1. The Kier molecular flexibility index (Phi) is 7.73. The summed E-state index contributed by atoms with van der Waals surface area (Å²) in [6.07, 6.45) is -6.26. The molecule has 1 saturated carbocycles. The van der Waals surface area contributed by atoms with Gasteiger partial charge in [-0.1, -0.05) is 97.9 Å². The highest BCUT2D eigenvalue weighted by molar-refractivity contribution is 8.05. The van der Waals surface area contributed by atoms with Crippen LogP contribution in [0.4, 0.5) is 26.3 Å². The first-order chi connectivity index (χ1) is 17.1. The standard InChI is InChI=1S/C28H27F6NOS/c1-5-6-10-21(3)37(4,35)25(17-20(2)18-25)23-13-15-24(16-14-23)26(27(29,30)31,28(32,33)34)36-19-22-11-8-7-9-12-22/h5-16,35H,1-4,17-19H2/b10-6-. The van der Waals surface area contributed by atoms with E-state index in [2.05, 4.69) is 25.6 Å². The smallest absolute Gasteiger partial charge is 0.349 e. The average Bonchev–Trinajstić information content (AvgIpc) is 2.80. The first-order valence-corrected chi connectivity index (χ1v) is 12.9. The van der Waals surface area contributed by atoms with Crippen molar-refractivity contribution in [2.45, 2.75) is 42.1 Å². The van der Waals surface area contributed by atoms with Crippen LogP contribution in [0.15, 0.2) is 103 Å². The number of allylic oxidation sites excluding steroid dienone is 4. The van der Waals surface area contributed by atoms with Crippen LogP contribution in [0, 0.1) is 4.78 Å². The van der Waals surface area contributed by atoms with Gasteiger partial charge in [-0.3, -0.25) is 4.78 Å². The van der Waals surface area contributed by atoms with Crippen molar-refractivity contribution in [1.29, 1.82) is 4.78 Å². The molecule has 1 atom stereocenters. The topological polar surface area (TPSA) is 33.1 Å². The van der Waals surface area contributed by atoms with Crippen LogP contribution in [0.5, 0.6) is 0 Å². The number of hydrogen-bond donors (Lipinski definition) is 1. The van der Waals surface area contributed by atoms with Crippen LogP contribution >= 0.6 is 0 Å². The van der Waals surface area contributed by atoms with Gasteiger partial charge in [-0.05, 0) is 30.0 Å². The zero-order valence-corrected chi connectivity index (χ0v) is 20.8. The van der Waals surface area contributed by atoms with Gasteiger partial charge < -0.3 is 4.74 Å². The fourth-order valence-corrected chi connectivity index (χ4v) is 6.71. The predicted molar refractivity (Wildman–Crippen MR) is 137 cm³/mol. The van der Waals surface area contributed by atoms with Crippen molar-refractivity contribution in [3.8, 4) is 0 Å². The van der Waals surface area contributed by atoms with Gasteiger partial charge >= 0.3 is 12.4 Å². The van der Waals surface area contributed by atoms with E-state index < -0.39 is 44.3 Å². The van der Waals surface area contributed by atoms with E-state index in [-0.39, 0.29) is 5.56 Å². The molecule has 0 spiro atoms. The summed E-state index contributed by atoms with van der Waals surface area (Å²) in [6.45, 7) is 10.5. The summed E-state index contributed by atoms with van der Waals surface area (Å²) in [5, 5.41) is 0. The number of nitrogens with one attached hydrogen (secondary N) is 1. The van der Waals surface area contributed by atoms with Crippen LogP contribution in [0.3, 0.4) is 0 Å².